The first-order valence-corrected chi connectivity index (χ1v) is 5.70. The molecule has 0 heterocycles. The van der Waals surface area contributed by atoms with E-state index < -0.39 is 0 Å². The first-order valence-electron chi connectivity index (χ1n) is 5.70. The Bertz CT molecular complexity index is 128. The molecule has 1 fully saturated rings. The molecule has 0 saturated heterocycles. The molecule has 0 N–H and O–H groups in total. The summed E-state index contributed by atoms with van der Waals surface area (Å²) in [5, 5.41) is 0. The maximum Gasteiger partial charge on any atom is -0.0355 e. The molecule has 0 spiro atoms. The molecule has 0 aromatic carbocycles. The Morgan fingerprint density at radius 1 is 1.17 bits per heavy atom. The average molecular weight is 168 g/mol. The standard InChI is InChI=1S/C12H24/c1-5-9(3)7-8-12-10(4)11(12)6-2/h9-12H,5-8H2,1-4H3. The summed E-state index contributed by atoms with van der Waals surface area (Å²) in [7, 11) is 0. The maximum atomic E-state index is 2.43. The van der Waals surface area contributed by atoms with E-state index in [0.29, 0.717) is 0 Å². The minimum atomic E-state index is 0.954. The van der Waals surface area contributed by atoms with Crippen molar-refractivity contribution in [1.29, 1.82) is 0 Å². The molecule has 0 aliphatic heterocycles. The van der Waals surface area contributed by atoms with Crippen molar-refractivity contribution in [3.05, 3.63) is 0 Å². The van der Waals surface area contributed by atoms with E-state index in [1.54, 1.807) is 0 Å². The minimum Gasteiger partial charge on any atom is -0.0651 e. The summed E-state index contributed by atoms with van der Waals surface area (Å²) in [4.78, 5) is 0. The van der Waals surface area contributed by atoms with E-state index >= 15 is 0 Å². The van der Waals surface area contributed by atoms with Crippen molar-refractivity contribution in [3.8, 4) is 0 Å². The Morgan fingerprint density at radius 3 is 2.25 bits per heavy atom. The molecule has 1 aliphatic rings. The highest BCUT2D eigenvalue weighted by Gasteiger charge is 2.43. The van der Waals surface area contributed by atoms with Gasteiger partial charge in [0.15, 0.2) is 0 Å². The SMILES string of the molecule is CCC(C)CCC1C(C)C1CC. The topological polar surface area (TPSA) is 0 Å². The Labute approximate surface area is 77.7 Å². The third-order valence-electron chi connectivity index (χ3n) is 3.92. The molecule has 1 saturated carbocycles. The summed E-state index contributed by atoms with van der Waals surface area (Å²) in [6, 6.07) is 0. The number of hydrogen-bond donors (Lipinski definition) is 0. The van der Waals surface area contributed by atoms with Crippen LogP contribution in [0.25, 0.3) is 0 Å². The second kappa shape index (κ2) is 4.30. The minimum absolute atomic E-state index is 0.954. The highest BCUT2D eigenvalue weighted by molar-refractivity contribution is 4.92. The third-order valence-corrected chi connectivity index (χ3v) is 3.92. The average Bonchev–Trinajstić information content (AvgIpc) is 2.71. The highest BCUT2D eigenvalue weighted by Crippen LogP contribution is 2.51. The van der Waals surface area contributed by atoms with Crippen LogP contribution in [-0.2, 0) is 0 Å². The van der Waals surface area contributed by atoms with Crippen molar-refractivity contribution < 1.29 is 0 Å². The molecule has 0 nitrogen and oxygen atoms in total. The Hall–Kier alpha value is 0. The van der Waals surface area contributed by atoms with E-state index in [-0.39, 0.29) is 0 Å². The van der Waals surface area contributed by atoms with Crippen LogP contribution in [0.3, 0.4) is 0 Å². The number of hydrogen-bond acceptors (Lipinski definition) is 0. The lowest BCUT2D eigenvalue weighted by Gasteiger charge is -2.06. The first-order chi connectivity index (χ1) is 5.70. The van der Waals surface area contributed by atoms with Crippen molar-refractivity contribution in [2.45, 2.75) is 53.4 Å². The van der Waals surface area contributed by atoms with Gasteiger partial charge < -0.3 is 0 Å². The molecule has 0 amide bonds. The summed E-state index contributed by atoms with van der Waals surface area (Å²) in [6.45, 7) is 9.45. The zero-order chi connectivity index (χ0) is 9.14. The Balaban J connectivity index is 2.10. The molecular formula is C12H24. The largest absolute Gasteiger partial charge is 0.0651 e. The van der Waals surface area contributed by atoms with Gasteiger partial charge in [-0.2, -0.15) is 0 Å². The van der Waals surface area contributed by atoms with Crippen molar-refractivity contribution in [2.75, 3.05) is 0 Å². The first kappa shape index (κ1) is 10.1. The van der Waals surface area contributed by atoms with E-state index in [1.807, 2.05) is 0 Å². The highest BCUT2D eigenvalue weighted by atomic mass is 14.5. The van der Waals surface area contributed by atoms with E-state index in [2.05, 4.69) is 27.7 Å². The molecule has 0 aromatic rings. The van der Waals surface area contributed by atoms with Crippen LogP contribution < -0.4 is 0 Å². The fraction of sp³-hybridized carbons (Fsp3) is 1.00. The van der Waals surface area contributed by atoms with Crippen LogP contribution in [-0.4, -0.2) is 0 Å². The van der Waals surface area contributed by atoms with Gasteiger partial charge in [0.05, 0.1) is 0 Å². The van der Waals surface area contributed by atoms with Gasteiger partial charge in [-0.3, -0.25) is 0 Å². The zero-order valence-corrected chi connectivity index (χ0v) is 9.14. The summed E-state index contributed by atoms with van der Waals surface area (Å²) in [5.41, 5.74) is 0. The van der Waals surface area contributed by atoms with E-state index in [0.717, 1.165) is 23.7 Å². The maximum absolute atomic E-state index is 2.43. The van der Waals surface area contributed by atoms with Crippen LogP contribution in [0.2, 0.25) is 0 Å². The van der Waals surface area contributed by atoms with Crippen molar-refractivity contribution >= 4 is 0 Å². The van der Waals surface area contributed by atoms with Crippen LogP contribution >= 0.6 is 0 Å². The Kier molecular flexibility index (Phi) is 3.61. The van der Waals surface area contributed by atoms with Crippen molar-refractivity contribution in [3.63, 3.8) is 0 Å². The molecule has 0 bridgehead atoms. The van der Waals surface area contributed by atoms with Gasteiger partial charge >= 0.3 is 0 Å². The molecule has 4 unspecified atom stereocenters. The van der Waals surface area contributed by atoms with E-state index in [1.165, 1.54) is 25.7 Å². The summed E-state index contributed by atoms with van der Waals surface area (Å²) >= 11 is 0. The number of rotatable bonds is 5. The lowest BCUT2D eigenvalue weighted by Crippen LogP contribution is -1.93. The van der Waals surface area contributed by atoms with Gasteiger partial charge in [0.2, 0.25) is 0 Å². The lowest BCUT2D eigenvalue weighted by atomic mass is 10.00. The van der Waals surface area contributed by atoms with Gasteiger partial charge in [0.25, 0.3) is 0 Å². The van der Waals surface area contributed by atoms with Crippen LogP contribution in [0.1, 0.15) is 53.4 Å². The quantitative estimate of drug-likeness (QED) is 0.579. The predicted molar refractivity (Wildman–Crippen MR) is 55.1 cm³/mol. The molecule has 0 radical (unpaired) electrons. The van der Waals surface area contributed by atoms with Crippen LogP contribution in [0, 0.1) is 23.7 Å². The van der Waals surface area contributed by atoms with Crippen molar-refractivity contribution in [2.24, 2.45) is 23.7 Å². The fourth-order valence-electron chi connectivity index (χ4n) is 2.47. The van der Waals surface area contributed by atoms with Gasteiger partial charge in [0, 0.05) is 0 Å². The van der Waals surface area contributed by atoms with Gasteiger partial charge in [-0.15, -0.1) is 0 Å². The predicted octanol–water partition coefficient (Wildman–Crippen LogP) is 4.10. The molecule has 1 rings (SSSR count). The monoisotopic (exact) mass is 168 g/mol. The molecule has 12 heavy (non-hydrogen) atoms. The zero-order valence-electron chi connectivity index (χ0n) is 9.14. The lowest BCUT2D eigenvalue weighted by molar-refractivity contribution is 0.460. The van der Waals surface area contributed by atoms with Crippen LogP contribution in [0.15, 0.2) is 0 Å². The summed E-state index contributed by atoms with van der Waals surface area (Å²) in [5.74, 6) is 4.16. The molecule has 1 aliphatic carbocycles. The normalized spacial score (nSPS) is 36.5. The van der Waals surface area contributed by atoms with Crippen LogP contribution in [0.4, 0.5) is 0 Å². The van der Waals surface area contributed by atoms with Gasteiger partial charge in [-0.1, -0.05) is 47.0 Å². The summed E-state index contributed by atoms with van der Waals surface area (Å²) in [6.07, 6.45) is 5.72. The second-order valence-electron chi connectivity index (χ2n) is 4.69. The second-order valence-corrected chi connectivity index (χ2v) is 4.69. The molecular weight excluding hydrogens is 144 g/mol. The third kappa shape index (κ3) is 2.24. The molecule has 4 atom stereocenters. The smallest absolute Gasteiger partial charge is 0.0355 e. The molecule has 0 aromatic heterocycles. The summed E-state index contributed by atoms with van der Waals surface area (Å²) < 4.78 is 0. The van der Waals surface area contributed by atoms with Gasteiger partial charge in [-0.05, 0) is 30.1 Å². The van der Waals surface area contributed by atoms with Crippen LogP contribution in [0.5, 0.6) is 0 Å². The van der Waals surface area contributed by atoms with Gasteiger partial charge in [0.1, 0.15) is 0 Å². The van der Waals surface area contributed by atoms with E-state index in [4.69, 9.17) is 0 Å². The van der Waals surface area contributed by atoms with E-state index in [9.17, 15) is 0 Å². The fourth-order valence-corrected chi connectivity index (χ4v) is 2.47. The van der Waals surface area contributed by atoms with Crippen molar-refractivity contribution in [1.82, 2.24) is 0 Å². The van der Waals surface area contributed by atoms with Gasteiger partial charge in [-0.25, -0.2) is 0 Å². The molecule has 0 heteroatoms. The Morgan fingerprint density at radius 2 is 1.83 bits per heavy atom. The molecule has 72 valence electrons.